The highest BCUT2D eigenvalue weighted by Crippen LogP contribution is 2.10. The van der Waals surface area contributed by atoms with E-state index < -0.39 is 5.97 Å². The van der Waals surface area contributed by atoms with Gasteiger partial charge in [-0.3, -0.25) is 0 Å². The molecule has 0 atom stereocenters. The van der Waals surface area contributed by atoms with Crippen LogP contribution in [0.25, 0.3) is 6.08 Å². The van der Waals surface area contributed by atoms with Crippen molar-refractivity contribution in [1.82, 2.24) is 0 Å². The zero-order valence-electron chi connectivity index (χ0n) is 7.27. The molecule has 1 aromatic rings. The van der Waals surface area contributed by atoms with Gasteiger partial charge in [-0.25, -0.2) is 4.79 Å². The van der Waals surface area contributed by atoms with Crippen LogP contribution in [0, 0.1) is 11.3 Å². The minimum Gasteiger partial charge on any atom is -0.477 e. The molecule has 1 rings (SSSR count). The quantitative estimate of drug-likeness (QED) is 0.415. The van der Waals surface area contributed by atoms with Crippen LogP contribution in [-0.2, 0) is 4.79 Å². The average Bonchev–Trinajstić information content (AvgIpc) is 2.14. The molecule has 3 N–H and O–H groups in total. The van der Waals surface area contributed by atoms with Gasteiger partial charge < -0.3 is 10.8 Å². The maximum Gasteiger partial charge on any atom is 0.346 e. The third-order valence-electron chi connectivity index (χ3n) is 1.57. The lowest BCUT2D eigenvalue weighted by atomic mass is 10.1. The third kappa shape index (κ3) is 2.35. The number of rotatable bonds is 2. The fraction of sp³-hybridized carbons (Fsp3) is 0. The lowest BCUT2D eigenvalue weighted by molar-refractivity contribution is -0.132. The Morgan fingerprint density at radius 3 is 2.79 bits per heavy atom. The number of nitrogen functional groups attached to an aromatic ring is 1. The minimum atomic E-state index is -1.24. The van der Waals surface area contributed by atoms with Gasteiger partial charge in [0.15, 0.2) is 0 Å². The largest absolute Gasteiger partial charge is 0.477 e. The predicted octanol–water partition coefficient (Wildman–Crippen LogP) is 1.26. The molecular formula is C10H8N2O2. The molecule has 0 saturated heterocycles. The number of nitrogens with two attached hydrogens (primary N) is 1. The summed E-state index contributed by atoms with van der Waals surface area (Å²) in [7, 11) is 0. The van der Waals surface area contributed by atoms with Crippen LogP contribution in [0.3, 0.4) is 0 Å². The van der Waals surface area contributed by atoms with Crippen LogP contribution >= 0.6 is 0 Å². The number of benzene rings is 1. The monoisotopic (exact) mass is 188 g/mol. The van der Waals surface area contributed by atoms with E-state index in [0.29, 0.717) is 11.3 Å². The number of aliphatic carboxylic acids is 1. The molecule has 4 heteroatoms. The molecule has 0 aromatic heterocycles. The van der Waals surface area contributed by atoms with Gasteiger partial charge in [0.1, 0.15) is 11.6 Å². The molecule has 0 aliphatic heterocycles. The first kappa shape index (κ1) is 9.81. The summed E-state index contributed by atoms with van der Waals surface area (Å²) in [5, 5.41) is 17.1. The summed E-state index contributed by atoms with van der Waals surface area (Å²) < 4.78 is 0. The number of nitriles is 1. The smallest absolute Gasteiger partial charge is 0.346 e. The zero-order valence-corrected chi connectivity index (χ0v) is 7.27. The van der Waals surface area contributed by atoms with E-state index in [0.717, 1.165) is 0 Å². The summed E-state index contributed by atoms with van der Waals surface area (Å²) in [5.41, 5.74) is 6.31. The standard InChI is InChI=1S/C10H8N2O2/c11-6-8(10(13)14)4-7-2-1-3-9(12)5-7/h1-5H,12H2,(H,13,14)/b8-4-. The molecule has 1 aromatic carbocycles. The molecule has 4 nitrogen and oxygen atoms in total. The van der Waals surface area contributed by atoms with Crippen LogP contribution in [0.4, 0.5) is 5.69 Å². The lowest BCUT2D eigenvalue weighted by Crippen LogP contribution is -1.97. The van der Waals surface area contributed by atoms with Crippen molar-refractivity contribution in [1.29, 1.82) is 5.26 Å². The number of carbonyl (C=O) groups is 1. The second-order valence-electron chi connectivity index (χ2n) is 2.65. The first-order valence-electron chi connectivity index (χ1n) is 3.84. The zero-order chi connectivity index (χ0) is 10.6. The van der Waals surface area contributed by atoms with Gasteiger partial charge in [-0.2, -0.15) is 5.26 Å². The average molecular weight is 188 g/mol. The van der Waals surface area contributed by atoms with Crippen molar-refractivity contribution in [2.45, 2.75) is 0 Å². The fourth-order valence-corrected chi connectivity index (χ4v) is 0.957. The number of nitrogens with zero attached hydrogens (tertiary/aromatic N) is 1. The van der Waals surface area contributed by atoms with Gasteiger partial charge in [-0.1, -0.05) is 12.1 Å². The highest BCUT2D eigenvalue weighted by atomic mass is 16.4. The van der Waals surface area contributed by atoms with Gasteiger partial charge in [0, 0.05) is 5.69 Å². The second kappa shape index (κ2) is 4.10. The first-order chi connectivity index (χ1) is 6.63. The first-order valence-corrected chi connectivity index (χ1v) is 3.84. The molecule has 0 fully saturated rings. The summed E-state index contributed by atoms with van der Waals surface area (Å²) >= 11 is 0. The van der Waals surface area contributed by atoms with E-state index in [1.165, 1.54) is 6.08 Å². The number of carboxylic acids is 1. The van der Waals surface area contributed by atoms with E-state index in [1.54, 1.807) is 30.3 Å². The van der Waals surface area contributed by atoms with E-state index >= 15 is 0 Å². The normalized spacial score (nSPS) is 10.6. The molecule has 0 amide bonds. The summed E-state index contributed by atoms with van der Waals surface area (Å²) in [4.78, 5) is 10.5. The van der Waals surface area contributed by atoms with E-state index in [1.807, 2.05) is 0 Å². The van der Waals surface area contributed by atoms with Crippen LogP contribution in [-0.4, -0.2) is 11.1 Å². The molecule has 70 valence electrons. The molecule has 0 aliphatic rings. The molecule has 0 saturated carbocycles. The van der Waals surface area contributed by atoms with Crippen molar-refractivity contribution >= 4 is 17.7 Å². The van der Waals surface area contributed by atoms with Gasteiger partial charge in [0.25, 0.3) is 0 Å². The molecule has 0 spiro atoms. The van der Waals surface area contributed by atoms with Crippen LogP contribution in [0.1, 0.15) is 5.56 Å². The van der Waals surface area contributed by atoms with Crippen molar-refractivity contribution in [3.63, 3.8) is 0 Å². The Labute approximate surface area is 80.9 Å². The van der Waals surface area contributed by atoms with E-state index in [2.05, 4.69) is 0 Å². The minimum absolute atomic E-state index is 0.310. The molecule has 0 radical (unpaired) electrons. The number of hydrogen-bond donors (Lipinski definition) is 2. The van der Waals surface area contributed by atoms with Crippen LogP contribution < -0.4 is 5.73 Å². The van der Waals surface area contributed by atoms with Crippen molar-refractivity contribution in [3.8, 4) is 6.07 Å². The lowest BCUT2D eigenvalue weighted by Gasteiger charge is -1.95. The SMILES string of the molecule is N#C/C(=C/c1cccc(N)c1)C(=O)O. The topological polar surface area (TPSA) is 87.1 Å². The van der Waals surface area contributed by atoms with Crippen molar-refractivity contribution in [2.24, 2.45) is 0 Å². The Kier molecular flexibility index (Phi) is 2.87. The van der Waals surface area contributed by atoms with Gasteiger partial charge in [0.05, 0.1) is 0 Å². The molecule has 0 aliphatic carbocycles. The molecule has 0 heterocycles. The molecule has 14 heavy (non-hydrogen) atoms. The Balaban J connectivity index is 3.08. The Morgan fingerprint density at radius 1 is 1.57 bits per heavy atom. The van der Waals surface area contributed by atoms with Crippen LogP contribution in [0.2, 0.25) is 0 Å². The van der Waals surface area contributed by atoms with Crippen molar-refractivity contribution < 1.29 is 9.90 Å². The Hall–Kier alpha value is -2.28. The predicted molar refractivity (Wildman–Crippen MR) is 52.1 cm³/mol. The number of carboxylic acid groups (broad SMARTS) is 1. The molecular weight excluding hydrogens is 180 g/mol. The summed E-state index contributed by atoms with van der Waals surface area (Å²) in [6.45, 7) is 0. The van der Waals surface area contributed by atoms with Gasteiger partial charge >= 0.3 is 5.97 Å². The summed E-state index contributed by atoms with van der Waals surface area (Å²) in [6, 6.07) is 8.24. The number of hydrogen-bond acceptors (Lipinski definition) is 3. The van der Waals surface area contributed by atoms with Gasteiger partial charge in [0.2, 0.25) is 0 Å². The van der Waals surface area contributed by atoms with E-state index in [-0.39, 0.29) is 5.57 Å². The Morgan fingerprint density at radius 2 is 2.29 bits per heavy atom. The summed E-state index contributed by atoms with van der Waals surface area (Å²) in [5.74, 6) is -1.24. The second-order valence-corrected chi connectivity index (χ2v) is 2.65. The molecule has 0 bridgehead atoms. The summed E-state index contributed by atoms with van der Waals surface area (Å²) in [6.07, 6.45) is 1.28. The van der Waals surface area contributed by atoms with Crippen molar-refractivity contribution in [2.75, 3.05) is 5.73 Å². The van der Waals surface area contributed by atoms with Crippen LogP contribution in [0.5, 0.6) is 0 Å². The highest BCUT2D eigenvalue weighted by molar-refractivity contribution is 5.96. The van der Waals surface area contributed by atoms with Crippen LogP contribution in [0.15, 0.2) is 29.8 Å². The van der Waals surface area contributed by atoms with E-state index in [9.17, 15) is 4.79 Å². The number of anilines is 1. The highest BCUT2D eigenvalue weighted by Gasteiger charge is 2.04. The van der Waals surface area contributed by atoms with Gasteiger partial charge in [-0.05, 0) is 23.8 Å². The maximum atomic E-state index is 10.5. The molecule has 0 unspecified atom stereocenters. The third-order valence-corrected chi connectivity index (χ3v) is 1.57. The van der Waals surface area contributed by atoms with Crippen molar-refractivity contribution in [3.05, 3.63) is 35.4 Å². The fourth-order valence-electron chi connectivity index (χ4n) is 0.957. The Bertz CT molecular complexity index is 430. The van der Waals surface area contributed by atoms with Gasteiger partial charge in [-0.15, -0.1) is 0 Å². The van der Waals surface area contributed by atoms with E-state index in [4.69, 9.17) is 16.1 Å². The maximum absolute atomic E-state index is 10.5.